The summed E-state index contributed by atoms with van der Waals surface area (Å²) in [4.78, 5) is 0. The van der Waals surface area contributed by atoms with Crippen molar-refractivity contribution in [3.8, 4) is 23.3 Å². The van der Waals surface area contributed by atoms with Crippen LogP contribution in [-0.4, -0.2) is 19.8 Å². The second-order valence-corrected chi connectivity index (χ2v) is 4.51. The zero-order valence-corrected chi connectivity index (χ0v) is 12.8. The monoisotopic (exact) mass is 275 g/mol. The second kappa shape index (κ2) is 10.2. The molecule has 0 unspecified atom stereocenters. The van der Waals surface area contributed by atoms with Crippen LogP contribution in [0.2, 0.25) is 0 Å². The van der Waals surface area contributed by atoms with Gasteiger partial charge in [0.25, 0.3) is 0 Å². The van der Waals surface area contributed by atoms with E-state index in [0.717, 1.165) is 49.6 Å². The van der Waals surface area contributed by atoms with Crippen LogP contribution in [0.3, 0.4) is 0 Å². The summed E-state index contributed by atoms with van der Waals surface area (Å²) in [6.45, 7) is 9.00. The van der Waals surface area contributed by atoms with Gasteiger partial charge in [-0.2, -0.15) is 0 Å². The van der Waals surface area contributed by atoms with Crippen molar-refractivity contribution in [2.24, 2.45) is 0 Å². The van der Waals surface area contributed by atoms with Crippen molar-refractivity contribution in [1.29, 1.82) is 0 Å². The first-order valence-corrected chi connectivity index (χ1v) is 7.30. The van der Waals surface area contributed by atoms with Crippen molar-refractivity contribution in [2.45, 2.75) is 40.2 Å². The van der Waals surface area contributed by atoms with Gasteiger partial charge >= 0.3 is 0 Å². The molecule has 0 amide bonds. The molecule has 110 valence electrons. The number of rotatable bonds is 9. The highest BCUT2D eigenvalue weighted by Crippen LogP contribution is 2.25. The molecule has 0 atom stereocenters. The quantitative estimate of drug-likeness (QED) is 0.553. The van der Waals surface area contributed by atoms with Gasteiger partial charge in [-0.25, -0.2) is 0 Å². The molecule has 0 spiro atoms. The smallest absolute Gasteiger partial charge is 0.149 e. The van der Waals surface area contributed by atoms with Crippen molar-refractivity contribution in [1.82, 2.24) is 5.32 Å². The Morgan fingerprint density at radius 1 is 1.15 bits per heavy atom. The van der Waals surface area contributed by atoms with Crippen LogP contribution < -0.4 is 14.8 Å². The summed E-state index contributed by atoms with van der Waals surface area (Å²) in [5.74, 6) is 7.46. The molecule has 0 aliphatic rings. The lowest BCUT2D eigenvalue weighted by Gasteiger charge is -2.13. The maximum absolute atomic E-state index is 5.74. The van der Waals surface area contributed by atoms with Crippen molar-refractivity contribution >= 4 is 0 Å². The van der Waals surface area contributed by atoms with Gasteiger partial charge in [0.1, 0.15) is 18.1 Å². The highest BCUT2D eigenvalue weighted by molar-refractivity contribution is 5.41. The zero-order chi connectivity index (χ0) is 14.6. The molecule has 0 aliphatic heterocycles. The van der Waals surface area contributed by atoms with Crippen molar-refractivity contribution in [2.75, 3.05) is 19.8 Å². The van der Waals surface area contributed by atoms with Gasteiger partial charge in [0.2, 0.25) is 0 Å². The Morgan fingerprint density at radius 3 is 2.70 bits per heavy atom. The summed E-state index contributed by atoms with van der Waals surface area (Å²) < 4.78 is 11.4. The Balaban J connectivity index is 2.75. The molecule has 0 radical (unpaired) electrons. The van der Waals surface area contributed by atoms with Crippen LogP contribution in [0.4, 0.5) is 0 Å². The highest BCUT2D eigenvalue weighted by atomic mass is 16.5. The number of ether oxygens (including phenoxy) is 2. The minimum Gasteiger partial charge on any atom is -0.493 e. The molecular formula is C17H25NO2. The van der Waals surface area contributed by atoms with E-state index in [1.165, 1.54) is 0 Å². The molecule has 0 bridgehead atoms. The Hall–Kier alpha value is -1.66. The van der Waals surface area contributed by atoms with Gasteiger partial charge in [-0.3, -0.25) is 0 Å². The van der Waals surface area contributed by atoms with E-state index in [9.17, 15) is 0 Å². The van der Waals surface area contributed by atoms with Crippen LogP contribution in [0.1, 0.15) is 39.2 Å². The van der Waals surface area contributed by atoms with E-state index in [0.29, 0.717) is 6.61 Å². The lowest BCUT2D eigenvalue weighted by Crippen LogP contribution is -2.14. The molecular weight excluding hydrogens is 250 g/mol. The van der Waals surface area contributed by atoms with Crippen molar-refractivity contribution < 1.29 is 9.47 Å². The Bertz CT molecular complexity index is 446. The summed E-state index contributed by atoms with van der Waals surface area (Å²) in [6, 6.07) is 6.01. The first kappa shape index (κ1) is 16.4. The minimum absolute atomic E-state index is 0.411. The summed E-state index contributed by atoms with van der Waals surface area (Å²) in [7, 11) is 0. The molecule has 20 heavy (non-hydrogen) atoms. The molecule has 1 aromatic carbocycles. The van der Waals surface area contributed by atoms with Gasteiger partial charge in [-0.15, -0.1) is 5.92 Å². The maximum atomic E-state index is 5.74. The molecule has 3 nitrogen and oxygen atoms in total. The third-order valence-electron chi connectivity index (χ3n) is 2.73. The third-order valence-corrected chi connectivity index (χ3v) is 2.73. The van der Waals surface area contributed by atoms with Gasteiger partial charge < -0.3 is 14.8 Å². The summed E-state index contributed by atoms with van der Waals surface area (Å²) in [5.41, 5.74) is 1.14. The number of hydrogen-bond acceptors (Lipinski definition) is 3. The van der Waals surface area contributed by atoms with Crippen LogP contribution in [0.25, 0.3) is 0 Å². The molecule has 0 saturated carbocycles. The van der Waals surface area contributed by atoms with E-state index < -0.39 is 0 Å². The molecule has 1 N–H and O–H groups in total. The van der Waals surface area contributed by atoms with E-state index in [1.54, 1.807) is 0 Å². The van der Waals surface area contributed by atoms with E-state index in [2.05, 4.69) is 37.1 Å². The zero-order valence-electron chi connectivity index (χ0n) is 12.8. The predicted octanol–water partition coefficient (Wildman–Crippen LogP) is 3.38. The summed E-state index contributed by atoms with van der Waals surface area (Å²) in [5, 5.41) is 3.39. The summed E-state index contributed by atoms with van der Waals surface area (Å²) in [6.07, 6.45) is 2.12. The fourth-order valence-electron chi connectivity index (χ4n) is 1.71. The van der Waals surface area contributed by atoms with Crippen LogP contribution in [-0.2, 0) is 6.54 Å². The lowest BCUT2D eigenvalue weighted by atomic mass is 10.2. The SMILES string of the molecule is CC#CCOc1cc(OCCC)ccc1CNCCC. The molecule has 0 fully saturated rings. The molecule has 3 heteroatoms. The Morgan fingerprint density at radius 2 is 2.00 bits per heavy atom. The third kappa shape index (κ3) is 5.99. The normalized spacial score (nSPS) is 9.75. The maximum Gasteiger partial charge on any atom is 0.149 e. The van der Waals surface area contributed by atoms with Crippen molar-refractivity contribution in [3.63, 3.8) is 0 Å². The molecule has 0 aromatic heterocycles. The molecule has 0 heterocycles. The topological polar surface area (TPSA) is 30.5 Å². The molecule has 1 aromatic rings. The van der Waals surface area contributed by atoms with Gasteiger partial charge in [-0.1, -0.05) is 25.8 Å². The fourth-order valence-corrected chi connectivity index (χ4v) is 1.71. The number of nitrogens with one attached hydrogen (secondary N) is 1. The van der Waals surface area contributed by atoms with Gasteiger partial charge in [-0.05, 0) is 32.4 Å². The van der Waals surface area contributed by atoms with Crippen LogP contribution in [0.5, 0.6) is 11.5 Å². The van der Waals surface area contributed by atoms with E-state index in [-0.39, 0.29) is 0 Å². The molecule has 0 saturated heterocycles. The van der Waals surface area contributed by atoms with Crippen molar-refractivity contribution in [3.05, 3.63) is 23.8 Å². The van der Waals surface area contributed by atoms with E-state index in [1.807, 2.05) is 19.1 Å². The van der Waals surface area contributed by atoms with Gasteiger partial charge in [0.05, 0.1) is 6.61 Å². The van der Waals surface area contributed by atoms with Crippen LogP contribution in [0, 0.1) is 11.8 Å². The predicted molar refractivity (Wildman–Crippen MR) is 83.2 cm³/mol. The first-order chi connectivity index (χ1) is 9.81. The molecule has 0 aliphatic carbocycles. The number of hydrogen-bond donors (Lipinski definition) is 1. The minimum atomic E-state index is 0.411. The second-order valence-electron chi connectivity index (χ2n) is 4.51. The van der Waals surface area contributed by atoms with E-state index in [4.69, 9.17) is 9.47 Å². The van der Waals surface area contributed by atoms with Crippen LogP contribution >= 0.6 is 0 Å². The van der Waals surface area contributed by atoms with Gasteiger partial charge in [0, 0.05) is 18.2 Å². The first-order valence-electron chi connectivity index (χ1n) is 7.30. The standard InChI is InChI=1S/C17H25NO2/c1-4-7-12-20-17-13-16(19-11-6-3)9-8-15(17)14-18-10-5-2/h8-9,13,18H,5-6,10-12,14H2,1-3H3. The van der Waals surface area contributed by atoms with Gasteiger partial charge in [0.15, 0.2) is 0 Å². The molecule has 1 rings (SSSR count). The lowest BCUT2D eigenvalue weighted by molar-refractivity contribution is 0.312. The Kier molecular flexibility index (Phi) is 8.33. The average molecular weight is 275 g/mol. The Labute approximate surface area is 122 Å². The average Bonchev–Trinajstić information content (AvgIpc) is 2.47. The summed E-state index contributed by atoms with van der Waals surface area (Å²) >= 11 is 0. The largest absolute Gasteiger partial charge is 0.493 e. The highest BCUT2D eigenvalue weighted by Gasteiger charge is 2.06. The van der Waals surface area contributed by atoms with Crippen LogP contribution in [0.15, 0.2) is 18.2 Å². The number of benzene rings is 1. The fraction of sp³-hybridized carbons (Fsp3) is 0.529. The van der Waals surface area contributed by atoms with E-state index >= 15 is 0 Å².